The first kappa shape index (κ1) is 20.4. The van der Waals surface area contributed by atoms with Crippen LogP contribution in [0.3, 0.4) is 0 Å². The number of anilines is 1. The topological polar surface area (TPSA) is 60.9 Å². The number of halogens is 5. The van der Waals surface area contributed by atoms with Gasteiger partial charge in [-0.1, -0.05) is 6.07 Å². The summed E-state index contributed by atoms with van der Waals surface area (Å²) in [5.74, 6) is -3.29. The molecule has 4 amide bonds. The average Bonchev–Trinajstić information content (AvgIpc) is 3.37. The summed E-state index contributed by atoms with van der Waals surface area (Å²) in [6.45, 7) is 0.0492. The van der Waals surface area contributed by atoms with Gasteiger partial charge in [0.2, 0.25) is 0 Å². The van der Waals surface area contributed by atoms with Gasteiger partial charge in [-0.15, -0.1) is 0 Å². The number of amides is 4. The molecule has 11 heteroatoms. The van der Waals surface area contributed by atoms with E-state index in [1.54, 1.807) is 0 Å². The molecule has 0 aliphatic carbocycles. The molecule has 5 rings (SSSR count). The van der Waals surface area contributed by atoms with Gasteiger partial charge in [-0.3, -0.25) is 9.59 Å². The zero-order chi connectivity index (χ0) is 22.9. The van der Waals surface area contributed by atoms with Crippen molar-refractivity contribution in [3.8, 4) is 0 Å². The van der Waals surface area contributed by atoms with Crippen LogP contribution in [-0.2, 0) is 11.0 Å². The summed E-state index contributed by atoms with van der Waals surface area (Å²) in [4.78, 5) is 42.1. The number of hydrogen-bond acceptors (Lipinski definition) is 3. The Morgan fingerprint density at radius 1 is 1.00 bits per heavy atom. The molecular weight excluding hydrogens is 437 g/mol. The molecule has 0 aromatic heterocycles. The monoisotopic (exact) mass is 451 g/mol. The lowest BCUT2D eigenvalue weighted by atomic mass is 10.1. The Labute approximate surface area is 177 Å². The highest BCUT2D eigenvalue weighted by Gasteiger charge is 2.63. The predicted octanol–water partition coefficient (Wildman–Crippen LogP) is 3.42. The molecule has 2 aromatic rings. The van der Waals surface area contributed by atoms with Gasteiger partial charge in [0.25, 0.3) is 11.8 Å². The Hall–Kier alpha value is -3.50. The van der Waals surface area contributed by atoms with E-state index < -0.39 is 59.3 Å². The molecule has 3 atom stereocenters. The fraction of sp³-hybridized carbons (Fsp3) is 0.286. The molecule has 3 heterocycles. The van der Waals surface area contributed by atoms with E-state index in [2.05, 4.69) is 0 Å². The second kappa shape index (κ2) is 6.75. The molecule has 0 spiro atoms. The van der Waals surface area contributed by atoms with Crippen molar-refractivity contribution >= 4 is 23.5 Å². The highest BCUT2D eigenvalue weighted by Crippen LogP contribution is 2.43. The number of imide groups is 1. The van der Waals surface area contributed by atoms with Gasteiger partial charge in [0.1, 0.15) is 17.7 Å². The minimum absolute atomic E-state index is 0.0492. The number of rotatable bonds is 2. The maximum Gasteiger partial charge on any atom is 0.416 e. The van der Waals surface area contributed by atoms with Gasteiger partial charge < -0.3 is 9.80 Å². The third kappa shape index (κ3) is 2.94. The second-order valence-electron chi connectivity index (χ2n) is 7.93. The molecule has 2 bridgehead atoms. The molecule has 1 unspecified atom stereocenters. The van der Waals surface area contributed by atoms with Gasteiger partial charge in [0.05, 0.1) is 23.3 Å². The molecule has 3 saturated heterocycles. The van der Waals surface area contributed by atoms with Gasteiger partial charge in [0, 0.05) is 18.2 Å². The number of likely N-dealkylation sites (tertiary alicyclic amines) is 1. The standard InChI is InChI=1S/C21H14F5N3O3/c22-12-4-10(5-13(23)7-12)18(30)27-9-15-8-16(27)17-19(31)29(20(32)28(15)17)14-3-1-2-11(6-14)21(24,25)26/h1-7,15-17H,8-9H2/t15?,16-,17-/m1/s1. The van der Waals surface area contributed by atoms with Crippen molar-refractivity contribution in [3.63, 3.8) is 0 Å². The van der Waals surface area contributed by atoms with Crippen LogP contribution in [0.5, 0.6) is 0 Å². The highest BCUT2D eigenvalue weighted by atomic mass is 19.4. The number of fused-ring (bicyclic) bond motifs is 5. The van der Waals surface area contributed by atoms with Gasteiger partial charge in [-0.2, -0.15) is 13.2 Å². The van der Waals surface area contributed by atoms with E-state index in [0.29, 0.717) is 17.4 Å². The number of hydrogen-bond donors (Lipinski definition) is 0. The number of carbonyl (C=O) groups is 3. The van der Waals surface area contributed by atoms with Crippen molar-refractivity contribution < 1.29 is 36.3 Å². The molecule has 0 saturated carbocycles. The minimum Gasteiger partial charge on any atom is -0.331 e. The first-order valence-electron chi connectivity index (χ1n) is 9.67. The first-order chi connectivity index (χ1) is 15.1. The molecule has 3 aliphatic rings. The van der Waals surface area contributed by atoms with Crippen LogP contribution in [0, 0.1) is 11.6 Å². The van der Waals surface area contributed by atoms with Crippen molar-refractivity contribution in [2.75, 3.05) is 11.4 Å². The Balaban J connectivity index is 1.45. The number of alkyl halides is 3. The van der Waals surface area contributed by atoms with Crippen LogP contribution >= 0.6 is 0 Å². The van der Waals surface area contributed by atoms with Gasteiger partial charge >= 0.3 is 12.2 Å². The second-order valence-corrected chi connectivity index (χ2v) is 7.93. The summed E-state index contributed by atoms with van der Waals surface area (Å²) in [5.41, 5.74) is -1.45. The van der Waals surface area contributed by atoms with Crippen molar-refractivity contribution in [3.05, 3.63) is 65.2 Å². The number of benzene rings is 2. The van der Waals surface area contributed by atoms with E-state index in [-0.39, 0.29) is 17.8 Å². The third-order valence-corrected chi connectivity index (χ3v) is 6.07. The molecule has 3 fully saturated rings. The van der Waals surface area contributed by atoms with Crippen LogP contribution in [0.25, 0.3) is 0 Å². The molecule has 32 heavy (non-hydrogen) atoms. The molecule has 0 radical (unpaired) electrons. The highest BCUT2D eigenvalue weighted by molar-refractivity contribution is 6.22. The van der Waals surface area contributed by atoms with Gasteiger partial charge in [-0.25, -0.2) is 18.5 Å². The number of nitrogens with zero attached hydrogens (tertiary/aromatic N) is 3. The molecular formula is C21H14F5N3O3. The van der Waals surface area contributed by atoms with Crippen molar-refractivity contribution in [2.45, 2.75) is 30.7 Å². The maximum absolute atomic E-state index is 13.5. The third-order valence-electron chi connectivity index (χ3n) is 6.07. The largest absolute Gasteiger partial charge is 0.416 e. The summed E-state index contributed by atoms with van der Waals surface area (Å²) in [7, 11) is 0. The lowest BCUT2D eigenvalue weighted by molar-refractivity contribution is -0.137. The lowest BCUT2D eigenvalue weighted by Crippen LogP contribution is -2.54. The number of piperazine rings is 1. The van der Waals surface area contributed by atoms with E-state index in [1.807, 2.05) is 0 Å². The number of urea groups is 1. The average molecular weight is 451 g/mol. The van der Waals surface area contributed by atoms with Crippen molar-refractivity contribution in [1.29, 1.82) is 0 Å². The van der Waals surface area contributed by atoms with E-state index in [0.717, 1.165) is 30.3 Å². The van der Waals surface area contributed by atoms with Crippen LogP contribution in [0.4, 0.5) is 32.4 Å². The molecule has 6 nitrogen and oxygen atoms in total. The Bertz CT molecular complexity index is 1150. The van der Waals surface area contributed by atoms with E-state index >= 15 is 0 Å². The van der Waals surface area contributed by atoms with E-state index in [4.69, 9.17) is 0 Å². The van der Waals surface area contributed by atoms with Gasteiger partial charge in [-0.05, 0) is 36.8 Å². The summed E-state index contributed by atoms with van der Waals surface area (Å²) in [6, 6.07) is 3.17. The summed E-state index contributed by atoms with van der Waals surface area (Å²) >= 11 is 0. The summed E-state index contributed by atoms with van der Waals surface area (Å²) in [6.07, 6.45) is -4.36. The van der Waals surface area contributed by atoms with Crippen LogP contribution in [0.2, 0.25) is 0 Å². The Morgan fingerprint density at radius 2 is 1.69 bits per heavy atom. The molecule has 3 aliphatic heterocycles. The van der Waals surface area contributed by atoms with Gasteiger partial charge in [0.15, 0.2) is 0 Å². The quantitative estimate of drug-likeness (QED) is 0.520. The number of carbonyl (C=O) groups excluding carboxylic acids is 3. The smallest absolute Gasteiger partial charge is 0.331 e. The molecule has 2 aromatic carbocycles. The fourth-order valence-electron chi connectivity index (χ4n) is 4.79. The maximum atomic E-state index is 13.5. The first-order valence-corrected chi connectivity index (χ1v) is 9.67. The summed E-state index contributed by atoms with van der Waals surface area (Å²) < 4.78 is 66.3. The van der Waals surface area contributed by atoms with Crippen LogP contribution in [0.1, 0.15) is 22.3 Å². The Morgan fingerprint density at radius 3 is 2.34 bits per heavy atom. The lowest BCUT2D eigenvalue weighted by Gasteiger charge is -2.34. The minimum atomic E-state index is -4.65. The normalized spacial score (nSPS) is 24.5. The van der Waals surface area contributed by atoms with Crippen LogP contribution in [-0.4, -0.2) is 52.3 Å². The van der Waals surface area contributed by atoms with E-state index in [9.17, 15) is 36.3 Å². The van der Waals surface area contributed by atoms with Crippen molar-refractivity contribution in [2.24, 2.45) is 0 Å². The zero-order valence-corrected chi connectivity index (χ0v) is 16.1. The zero-order valence-electron chi connectivity index (χ0n) is 16.1. The van der Waals surface area contributed by atoms with E-state index in [1.165, 1.54) is 15.9 Å². The predicted molar refractivity (Wildman–Crippen MR) is 99.5 cm³/mol. The summed E-state index contributed by atoms with van der Waals surface area (Å²) in [5, 5.41) is 0. The van der Waals surface area contributed by atoms with Crippen molar-refractivity contribution in [1.82, 2.24) is 9.80 Å². The molecule has 0 N–H and O–H groups in total. The fourth-order valence-corrected chi connectivity index (χ4v) is 4.79. The molecule has 166 valence electrons. The Kier molecular flexibility index (Phi) is 4.30. The van der Waals surface area contributed by atoms with Crippen LogP contribution in [0.15, 0.2) is 42.5 Å². The van der Waals surface area contributed by atoms with Crippen LogP contribution < -0.4 is 4.90 Å². The SMILES string of the molecule is O=C1[C@H]2[C@H]3CC(CN3C(=O)c3cc(F)cc(F)c3)N2C(=O)N1c1cccc(C(F)(F)F)c1.